The minimum atomic E-state index is 0.626. The van der Waals surface area contributed by atoms with Crippen LogP contribution in [0.25, 0.3) is 0 Å². The van der Waals surface area contributed by atoms with E-state index in [2.05, 4.69) is 48.2 Å². The summed E-state index contributed by atoms with van der Waals surface area (Å²) in [7, 11) is 1.69. The Morgan fingerprint density at radius 3 is 2.45 bits per heavy atom. The summed E-state index contributed by atoms with van der Waals surface area (Å²) in [6, 6.07) is 10.2. The SMILES string of the molecule is CCC([CH]c1ccnn1Cc1ccc(OC)cc1)CC. The van der Waals surface area contributed by atoms with Crippen molar-refractivity contribution in [3.8, 4) is 5.75 Å². The lowest BCUT2D eigenvalue weighted by molar-refractivity contribution is 0.414. The highest BCUT2D eigenvalue weighted by atomic mass is 16.5. The normalized spacial score (nSPS) is 11.0. The fraction of sp³-hybridized carbons (Fsp3) is 0.412. The molecule has 0 aliphatic heterocycles. The minimum Gasteiger partial charge on any atom is -0.497 e. The van der Waals surface area contributed by atoms with Gasteiger partial charge in [0.15, 0.2) is 0 Å². The average Bonchev–Trinajstić information content (AvgIpc) is 2.92. The molecule has 107 valence electrons. The van der Waals surface area contributed by atoms with E-state index in [-0.39, 0.29) is 0 Å². The quantitative estimate of drug-likeness (QED) is 0.763. The molecule has 2 rings (SSSR count). The van der Waals surface area contributed by atoms with Gasteiger partial charge in [-0.25, -0.2) is 0 Å². The molecule has 0 aliphatic rings. The van der Waals surface area contributed by atoms with E-state index in [4.69, 9.17) is 4.74 Å². The molecule has 0 saturated carbocycles. The maximum Gasteiger partial charge on any atom is 0.118 e. The summed E-state index contributed by atoms with van der Waals surface area (Å²) in [4.78, 5) is 0. The number of nitrogens with zero attached hydrogens (tertiary/aromatic N) is 2. The van der Waals surface area contributed by atoms with Gasteiger partial charge in [0, 0.05) is 18.3 Å². The average molecular weight is 271 g/mol. The molecule has 20 heavy (non-hydrogen) atoms. The fourth-order valence-corrected chi connectivity index (χ4v) is 2.29. The van der Waals surface area contributed by atoms with Gasteiger partial charge in [-0.05, 0) is 29.7 Å². The van der Waals surface area contributed by atoms with E-state index in [1.807, 2.05) is 18.3 Å². The zero-order valence-electron chi connectivity index (χ0n) is 12.5. The first-order valence-electron chi connectivity index (χ1n) is 7.26. The molecule has 0 spiro atoms. The monoisotopic (exact) mass is 271 g/mol. The number of methoxy groups -OCH3 is 1. The van der Waals surface area contributed by atoms with E-state index in [0.717, 1.165) is 12.3 Å². The largest absolute Gasteiger partial charge is 0.497 e. The fourth-order valence-electron chi connectivity index (χ4n) is 2.29. The van der Waals surface area contributed by atoms with Gasteiger partial charge in [-0.2, -0.15) is 5.10 Å². The van der Waals surface area contributed by atoms with Crippen molar-refractivity contribution in [2.24, 2.45) is 5.92 Å². The number of hydrogen-bond donors (Lipinski definition) is 0. The van der Waals surface area contributed by atoms with Gasteiger partial charge < -0.3 is 4.74 Å². The summed E-state index contributed by atoms with van der Waals surface area (Å²) in [5.74, 6) is 1.51. The first kappa shape index (κ1) is 14.6. The van der Waals surface area contributed by atoms with E-state index < -0.39 is 0 Å². The van der Waals surface area contributed by atoms with Crippen LogP contribution in [0.15, 0.2) is 36.5 Å². The predicted molar refractivity (Wildman–Crippen MR) is 81.8 cm³/mol. The van der Waals surface area contributed by atoms with Gasteiger partial charge >= 0.3 is 0 Å². The molecule has 1 aromatic carbocycles. The van der Waals surface area contributed by atoms with E-state index >= 15 is 0 Å². The molecule has 0 N–H and O–H groups in total. The lowest BCUT2D eigenvalue weighted by Crippen LogP contribution is -2.09. The third-order valence-corrected chi connectivity index (χ3v) is 3.70. The molecule has 1 aromatic heterocycles. The van der Waals surface area contributed by atoms with Crippen molar-refractivity contribution in [3.63, 3.8) is 0 Å². The molecule has 0 saturated heterocycles. The zero-order valence-corrected chi connectivity index (χ0v) is 12.5. The lowest BCUT2D eigenvalue weighted by Gasteiger charge is -2.13. The third kappa shape index (κ3) is 3.62. The first-order valence-corrected chi connectivity index (χ1v) is 7.26. The highest BCUT2D eigenvalue weighted by molar-refractivity contribution is 5.27. The number of aromatic nitrogens is 2. The van der Waals surface area contributed by atoms with Gasteiger partial charge in [-0.15, -0.1) is 0 Å². The summed E-state index contributed by atoms with van der Waals surface area (Å²) in [6.07, 6.45) is 6.54. The Morgan fingerprint density at radius 2 is 1.85 bits per heavy atom. The van der Waals surface area contributed by atoms with Crippen LogP contribution in [-0.2, 0) is 6.54 Å². The topological polar surface area (TPSA) is 27.1 Å². The van der Waals surface area contributed by atoms with Gasteiger partial charge in [-0.3, -0.25) is 4.68 Å². The standard InChI is InChI=1S/C17H23N2O/c1-4-14(5-2)12-16-10-11-18-19(16)13-15-6-8-17(20-3)9-7-15/h6-12,14H,4-5,13H2,1-3H3. The second-order valence-electron chi connectivity index (χ2n) is 5.01. The zero-order chi connectivity index (χ0) is 14.4. The van der Waals surface area contributed by atoms with Crippen molar-refractivity contribution < 1.29 is 4.74 Å². The van der Waals surface area contributed by atoms with Gasteiger partial charge in [0.25, 0.3) is 0 Å². The molecule has 3 heteroatoms. The van der Waals surface area contributed by atoms with Crippen LogP contribution in [0.2, 0.25) is 0 Å². The number of benzene rings is 1. The first-order chi connectivity index (χ1) is 9.76. The third-order valence-electron chi connectivity index (χ3n) is 3.70. The Labute approximate surface area is 121 Å². The van der Waals surface area contributed by atoms with E-state index in [1.54, 1.807) is 7.11 Å². The molecule has 0 atom stereocenters. The predicted octanol–water partition coefficient (Wildman–Crippen LogP) is 3.93. The molecule has 0 unspecified atom stereocenters. The van der Waals surface area contributed by atoms with Crippen LogP contribution in [0.5, 0.6) is 5.75 Å². The molecule has 3 nitrogen and oxygen atoms in total. The number of rotatable bonds is 7. The molecule has 0 amide bonds. The van der Waals surface area contributed by atoms with Crippen LogP contribution < -0.4 is 4.74 Å². The van der Waals surface area contributed by atoms with Gasteiger partial charge in [0.1, 0.15) is 5.75 Å². The molecular formula is C17H23N2O. The summed E-state index contributed by atoms with van der Waals surface area (Å²) in [6.45, 7) is 5.26. The van der Waals surface area contributed by atoms with Crippen molar-refractivity contribution >= 4 is 0 Å². The second-order valence-corrected chi connectivity index (χ2v) is 5.01. The van der Waals surface area contributed by atoms with Crippen molar-refractivity contribution in [2.75, 3.05) is 7.11 Å². The minimum absolute atomic E-state index is 0.626. The van der Waals surface area contributed by atoms with Crippen LogP contribution >= 0.6 is 0 Å². The van der Waals surface area contributed by atoms with Crippen LogP contribution in [0.3, 0.4) is 0 Å². The summed E-state index contributed by atoms with van der Waals surface area (Å²) in [5.41, 5.74) is 2.43. The maximum absolute atomic E-state index is 5.18. The Kier molecular flexibility index (Phi) is 5.22. The Bertz CT molecular complexity index is 512. The van der Waals surface area contributed by atoms with Gasteiger partial charge in [0.2, 0.25) is 0 Å². The molecule has 0 bridgehead atoms. The lowest BCUT2D eigenvalue weighted by atomic mass is 9.97. The number of ether oxygens (including phenoxy) is 1. The van der Waals surface area contributed by atoms with Crippen LogP contribution in [0.4, 0.5) is 0 Å². The molecule has 0 fully saturated rings. The molecule has 2 aromatic rings. The molecular weight excluding hydrogens is 248 g/mol. The van der Waals surface area contributed by atoms with Gasteiger partial charge in [-0.1, -0.05) is 38.8 Å². The molecule has 0 aliphatic carbocycles. The van der Waals surface area contributed by atoms with Crippen molar-refractivity contribution in [2.45, 2.75) is 33.2 Å². The summed E-state index contributed by atoms with van der Waals surface area (Å²) >= 11 is 0. The molecule has 1 radical (unpaired) electrons. The summed E-state index contributed by atoms with van der Waals surface area (Å²) < 4.78 is 7.24. The highest BCUT2D eigenvalue weighted by Gasteiger charge is 2.10. The van der Waals surface area contributed by atoms with Crippen molar-refractivity contribution in [3.05, 3.63) is 54.2 Å². The summed E-state index contributed by atoms with van der Waals surface area (Å²) in [5, 5.41) is 4.43. The smallest absolute Gasteiger partial charge is 0.118 e. The van der Waals surface area contributed by atoms with Crippen molar-refractivity contribution in [1.82, 2.24) is 9.78 Å². The Hall–Kier alpha value is -1.77. The molecule has 1 heterocycles. The van der Waals surface area contributed by atoms with Crippen LogP contribution in [0.1, 0.15) is 37.9 Å². The van der Waals surface area contributed by atoms with Crippen LogP contribution in [-0.4, -0.2) is 16.9 Å². The van der Waals surface area contributed by atoms with Gasteiger partial charge in [0.05, 0.1) is 13.7 Å². The van der Waals surface area contributed by atoms with E-state index in [1.165, 1.54) is 24.1 Å². The number of hydrogen-bond acceptors (Lipinski definition) is 2. The van der Waals surface area contributed by atoms with E-state index in [9.17, 15) is 0 Å². The maximum atomic E-state index is 5.18. The van der Waals surface area contributed by atoms with Crippen LogP contribution in [0, 0.1) is 12.3 Å². The highest BCUT2D eigenvalue weighted by Crippen LogP contribution is 2.19. The Morgan fingerprint density at radius 1 is 1.15 bits per heavy atom. The Balaban J connectivity index is 2.07. The van der Waals surface area contributed by atoms with E-state index in [0.29, 0.717) is 5.92 Å². The second kappa shape index (κ2) is 7.13. The van der Waals surface area contributed by atoms with Crippen molar-refractivity contribution in [1.29, 1.82) is 0 Å².